The van der Waals surface area contributed by atoms with Crippen molar-refractivity contribution >= 4 is 9.84 Å². The van der Waals surface area contributed by atoms with Crippen LogP contribution in [0.15, 0.2) is 0 Å². The standard InChI is InChI=1S/C13H25FN2Si/c14-13-15(11-7-3-1-4-8-11)17-16(13)12-9-5-2-6-10-12/h11-13H,1-10,17H2. The SMILES string of the molecule is FC1N(C2CCCCC2)[SiH2]N1C1CCCCC1. The summed E-state index contributed by atoms with van der Waals surface area (Å²) >= 11 is 0. The minimum Gasteiger partial charge on any atom is -0.272 e. The van der Waals surface area contributed by atoms with Gasteiger partial charge in [-0.25, -0.2) is 4.39 Å². The molecule has 1 saturated heterocycles. The van der Waals surface area contributed by atoms with Crippen LogP contribution in [0.3, 0.4) is 0 Å². The fraction of sp³-hybridized carbons (Fsp3) is 1.00. The van der Waals surface area contributed by atoms with E-state index in [2.05, 4.69) is 9.13 Å². The van der Waals surface area contributed by atoms with E-state index in [-0.39, 0.29) is 0 Å². The van der Waals surface area contributed by atoms with Gasteiger partial charge >= 0.3 is 0 Å². The molecule has 2 saturated carbocycles. The Morgan fingerprint density at radius 1 is 0.706 bits per heavy atom. The van der Waals surface area contributed by atoms with E-state index in [1.54, 1.807) is 0 Å². The van der Waals surface area contributed by atoms with Crippen LogP contribution in [0.2, 0.25) is 0 Å². The van der Waals surface area contributed by atoms with Gasteiger partial charge in [-0.3, -0.25) is 9.13 Å². The maximum absolute atomic E-state index is 14.3. The Balaban J connectivity index is 1.51. The molecular weight excluding hydrogens is 231 g/mol. The molecule has 0 spiro atoms. The summed E-state index contributed by atoms with van der Waals surface area (Å²) in [4.78, 5) is 0. The smallest absolute Gasteiger partial charge is 0.199 e. The van der Waals surface area contributed by atoms with Crippen molar-refractivity contribution in [1.29, 1.82) is 0 Å². The highest BCUT2D eigenvalue weighted by molar-refractivity contribution is 6.32. The quantitative estimate of drug-likeness (QED) is 0.553. The van der Waals surface area contributed by atoms with Crippen LogP contribution in [0.25, 0.3) is 0 Å². The molecule has 4 heteroatoms. The molecule has 0 atom stereocenters. The number of rotatable bonds is 2. The maximum atomic E-state index is 14.3. The van der Waals surface area contributed by atoms with Crippen LogP contribution >= 0.6 is 0 Å². The summed E-state index contributed by atoms with van der Waals surface area (Å²) in [6, 6.07) is 1.20. The lowest BCUT2D eigenvalue weighted by atomic mass is 9.94. The predicted octanol–water partition coefficient (Wildman–Crippen LogP) is 2.52. The third-order valence-corrected chi connectivity index (χ3v) is 7.25. The summed E-state index contributed by atoms with van der Waals surface area (Å²) in [6.45, 7) is 0. The van der Waals surface area contributed by atoms with Crippen molar-refractivity contribution in [3.63, 3.8) is 0 Å². The molecule has 2 aliphatic carbocycles. The molecule has 1 aliphatic heterocycles. The Morgan fingerprint density at radius 2 is 1.12 bits per heavy atom. The first-order chi connectivity index (χ1) is 8.36. The van der Waals surface area contributed by atoms with Crippen molar-refractivity contribution in [2.45, 2.75) is 82.7 Å². The zero-order valence-corrected chi connectivity index (χ0v) is 12.2. The summed E-state index contributed by atoms with van der Waals surface area (Å²) in [5, 5.41) is 0. The largest absolute Gasteiger partial charge is 0.272 e. The summed E-state index contributed by atoms with van der Waals surface area (Å²) < 4.78 is 18.8. The van der Waals surface area contributed by atoms with E-state index in [0.29, 0.717) is 12.1 Å². The van der Waals surface area contributed by atoms with Gasteiger partial charge in [-0.15, -0.1) is 0 Å². The molecule has 0 N–H and O–H groups in total. The molecule has 0 bridgehead atoms. The van der Waals surface area contributed by atoms with Gasteiger partial charge < -0.3 is 0 Å². The van der Waals surface area contributed by atoms with Crippen molar-refractivity contribution in [3.8, 4) is 0 Å². The van der Waals surface area contributed by atoms with Crippen molar-refractivity contribution in [2.24, 2.45) is 0 Å². The molecule has 3 aliphatic rings. The lowest BCUT2D eigenvalue weighted by Gasteiger charge is -2.54. The van der Waals surface area contributed by atoms with Crippen LogP contribution in [-0.4, -0.2) is 37.5 Å². The van der Waals surface area contributed by atoms with Gasteiger partial charge in [0.2, 0.25) is 0 Å². The van der Waals surface area contributed by atoms with Crippen molar-refractivity contribution < 1.29 is 4.39 Å². The van der Waals surface area contributed by atoms with Gasteiger partial charge in [-0.2, -0.15) is 0 Å². The van der Waals surface area contributed by atoms with E-state index in [4.69, 9.17) is 0 Å². The fourth-order valence-electron chi connectivity index (χ4n) is 3.82. The van der Waals surface area contributed by atoms with Gasteiger partial charge in [0, 0.05) is 12.1 Å². The first-order valence-electron chi connectivity index (χ1n) is 7.52. The van der Waals surface area contributed by atoms with Crippen molar-refractivity contribution in [1.82, 2.24) is 9.13 Å². The van der Waals surface area contributed by atoms with E-state index >= 15 is 0 Å². The Bertz CT molecular complexity index is 228. The number of hydrogen-bond donors (Lipinski definition) is 0. The molecule has 0 unspecified atom stereocenters. The normalized spacial score (nSPS) is 36.2. The van der Waals surface area contributed by atoms with E-state index in [1.165, 1.54) is 64.2 Å². The molecule has 0 aromatic rings. The monoisotopic (exact) mass is 256 g/mol. The summed E-state index contributed by atoms with van der Waals surface area (Å²) in [5.41, 5.74) is 0. The van der Waals surface area contributed by atoms with Crippen LogP contribution in [0.1, 0.15) is 64.2 Å². The average Bonchev–Trinajstić information content (AvgIpc) is 2.40. The Morgan fingerprint density at radius 3 is 1.47 bits per heavy atom. The van der Waals surface area contributed by atoms with Gasteiger partial charge in [0.25, 0.3) is 0 Å². The van der Waals surface area contributed by atoms with Gasteiger partial charge in [-0.1, -0.05) is 38.5 Å². The summed E-state index contributed by atoms with van der Waals surface area (Å²) in [6.07, 6.45) is 12.4. The number of hydrogen-bond acceptors (Lipinski definition) is 2. The highest BCUT2D eigenvalue weighted by atomic mass is 28.2. The maximum Gasteiger partial charge on any atom is 0.199 e. The molecule has 0 aromatic carbocycles. The second-order valence-corrected chi connectivity index (χ2v) is 7.81. The van der Waals surface area contributed by atoms with Gasteiger partial charge in [-0.05, 0) is 25.7 Å². The molecule has 1 heterocycles. The van der Waals surface area contributed by atoms with Crippen LogP contribution in [0, 0.1) is 0 Å². The van der Waals surface area contributed by atoms with E-state index in [1.807, 2.05) is 0 Å². The Labute approximate surface area is 107 Å². The van der Waals surface area contributed by atoms with Crippen LogP contribution < -0.4 is 0 Å². The topological polar surface area (TPSA) is 6.48 Å². The molecule has 98 valence electrons. The molecule has 2 nitrogen and oxygen atoms in total. The van der Waals surface area contributed by atoms with Crippen LogP contribution in [0.5, 0.6) is 0 Å². The average molecular weight is 256 g/mol. The third kappa shape index (κ3) is 2.44. The molecule has 0 radical (unpaired) electrons. The minimum atomic E-state index is -0.701. The fourth-order valence-corrected chi connectivity index (χ4v) is 5.77. The molecule has 17 heavy (non-hydrogen) atoms. The lowest BCUT2D eigenvalue weighted by molar-refractivity contribution is -0.0732. The highest BCUT2D eigenvalue weighted by Gasteiger charge is 2.44. The zero-order chi connectivity index (χ0) is 11.7. The van der Waals surface area contributed by atoms with Crippen LogP contribution in [-0.2, 0) is 0 Å². The van der Waals surface area contributed by atoms with Gasteiger partial charge in [0.1, 0.15) is 0 Å². The number of alkyl halides is 1. The highest BCUT2D eigenvalue weighted by Crippen LogP contribution is 2.34. The third-order valence-electron chi connectivity index (χ3n) is 4.96. The van der Waals surface area contributed by atoms with Crippen molar-refractivity contribution in [3.05, 3.63) is 0 Å². The van der Waals surface area contributed by atoms with E-state index in [0.717, 1.165) is 0 Å². The lowest BCUT2D eigenvalue weighted by Crippen LogP contribution is -2.70. The summed E-state index contributed by atoms with van der Waals surface area (Å²) in [7, 11) is -0.413. The predicted molar refractivity (Wildman–Crippen MR) is 70.9 cm³/mol. The van der Waals surface area contributed by atoms with Gasteiger partial charge in [0.05, 0.1) is 0 Å². The molecule has 3 fully saturated rings. The van der Waals surface area contributed by atoms with E-state index in [9.17, 15) is 4.39 Å². The second-order valence-electron chi connectivity index (χ2n) is 6.06. The Kier molecular flexibility index (Phi) is 3.83. The molecule has 0 aromatic heterocycles. The van der Waals surface area contributed by atoms with Crippen molar-refractivity contribution in [2.75, 3.05) is 0 Å². The molecule has 0 amide bonds. The first kappa shape index (κ1) is 12.1. The molecular formula is C13H25FN2Si. The van der Waals surface area contributed by atoms with E-state index < -0.39 is 16.3 Å². The zero-order valence-electron chi connectivity index (χ0n) is 10.8. The number of nitrogens with zero attached hydrogens (tertiary/aromatic N) is 2. The number of halogens is 1. The van der Waals surface area contributed by atoms with Crippen LogP contribution in [0.4, 0.5) is 4.39 Å². The minimum absolute atomic E-state index is 0.413. The van der Waals surface area contributed by atoms with Gasteiger partial charge in [0.15, 0.2) is 16.3 Å². The first-order valence-corrected chi connectivity index (χ1v) is 8.78. The summed E-state index contributed by atoms with van der Waals surface area (Å²) in [5.74, 6) is 0. The second kappa shape index (κ2) is 5.37. The Hall–Kier alpha value is 0.0669. The molecule has 3 rings (SSSR count).